The summed E-state index contributed by atoms with van der Waals surface area (Å²) in [6.07, 6.45) is 1.46. The van der Waals surface area contributed by atoms with Crippen LogP contribution in [0, 0.1) is 13.8 Å². The lowest BCUT2D eigenvalue weighted by Crippen LogP contribution is -2.14. The Balaban J connectivity index is 2.33. The Morgan fingerprint density at radius 3 is 2.70 bits per heavy atom. The van der Waals surface area contributed by atoms with Gasteiger partial charge in [-0.3, -0.25) is 9.82 Å². The molecule has 0 unspecified atom stereocenters. The molecule has 8 heteroatoms. The van der Waals surface area contributed by atoms with E-state index in [-0.39, 0.29) is 4.90 Å². The van der Waals surface area contributed by atoms with Crippen molar-refractivity contribution < 1.29 is 8.42 Å². The highest BCUT2D eigenvalue weighted by atomic mass is 32.2. The summed E-state index contributed by atoms with van der Waals surface area (Å²) in [5, 5.41) is 9.69. The summed E-state index contributed by atoms with van der Waals surface area (Å²) in [7, 11) is -3.66. The molecule has 0 aromatic carbocycles. The molecule has 0 bridgehead atoms. The molecule has 0 saturated heterocycles. The molecule has 0 amide bonds. The topological polar surface area (TPSA) is 99.8 Å². The SMILES string of the molecule is CCNc1cc(S(=O)(=O)Nc2c(C)n[nH]c2C)ccn1. The van der Waals surface area contributed by atoms with Crippen molar-refractivity contribution in [2.75, 3.05) is 16.6 Å². The predicted molar refractivity (Wildman–Crippen MR) is 77.3 cm³/mol. The number of nitrogens with one attached hydrogen (secondary N) is 3. The molecular weight excluding hydrogens is 278 g/mol. The molecule has 0 aliphatic carbocycles. The Morgan fingerprint density at radius 1 is 1.35 bits per heavy atom. The van der Waals surface area contributed by atoms with E-state index >= 15 is 0 Å². The highest BCUT2D eigenvalue weighted by molar-refractivity contribution is 7.92. The molecule has 0 fully saturated rings. The molecule has 3 N–H and O–H groups in total. The third-order valence-electron chi connectivity index (χ3n) is 2.76. The Hall–Kier alpha value is -2.09. The Bertz CT molecular complexity index is 689. The molecule has 2 aromatic heterocycles. The molecule has 7 nitrogen and oxygen atoms in total. The maximum Gasteiger partial charge on any atom is 0.262 e. The van der Waals surface area contributed by atoms with Crippen LogP contribution >= 0.6 is 0 Å². The molecule has 0 atom stereocenters. The van der Waals surface area contributed by atoms with Gasteiger partial charge in [-0.25, -0.2) is 13.4 Å². The smallest absolute Gasteiger partial charge is 0.262 e. The number of aromatic amines is 1. The van der Waals surface area contributed by atoms with E-state index in [4.69, 9.17) is 0 Å². The monoisotopic (exact) mass is 295 g/mol. The fourth-order valence-electron chi connectivity index (χ4n) is 1.75. The minimum absolute atomic E-state index is 0.156. The molecule has 0 aliphatic rings. The van der Waals surface area contributed by atoms with E-state index in [1.54, 1.807) is 13.8 Å². The van der Waals surface area contributed by atoms with E-state index in [1.165, 1.54) is 18.3 Å². The van der Waals surface area contributed by atoms with E-state index < -0.39 is 10.0 Å². The summed E-state index contributed by atoms with van der Waals surface area (Å²) in [6.45, 7) is 6.08. The number of rotatable bonds is 5. The minimum atomic E-state index is -3.66. The fourth-order valence-corrected chi connectivity index (χ4v) is 2.94. The lowest BCUT2D eigenvalue weighted by atomic mass is 10.3. The average molecular weight is 295 g/mol. The number of hydrogen-bond acceptors (Lipinski definition) is 5. The standard InChI is InChI=1S/C12H17N5O2S/c1-4-13-11-7-10(5-6-14-11)20(18,19)17-12-8(2)15-16-9(12)3/h5-7,17H,4H2,1-3H3,(H,13,14)(H,15,16). The van der Waals surface area contributed by atoms with Gasteiger partial charge < -0.3 is 5.32 Å². The average Bonchev–Trinajstić information content (AvgIpc) is 2.71. The van der Waals surface area contributed by atoms with Crippen molar-refractivity contribution in [2.24, 2.45) is 0 Å². The van der Waals surface area contributed by atoms with Crippen LogP contribution in [0.4, 0.5) is 11.5 Å². The molecule has 108 valence electrons. The predicted octanol–water partition coefficient (Wildman–Crippen LogP) is 1.65. The Labute approximate surface area is 117 Å². The molecule has 0 aliphatic heterocycles. The Morgan fingerprint density at radius 2 is 2.10 bits per heavy atom. The summed E-state index contributed by atoms with van der Waals surface area (Å²) in [5.74, 6) is 0.524. The molecule has 0 saturated carbocycles. The highest BCUT2D eigenvalue weighted by Crippen LogP contribution is 2.21. The zero-order valence-corrected chi connectivity index (χ0v) is 12.4. The zero-order chi connectivity index (χ0) is 14.8. The van der Waals surface area contributed by atoms with Crippen LogP contribution < -0.4 is 10.0 Å². The van der Waals surface area contributed by atoms with Gasteiger partial charge in [0.2, 0.25) is 0 Å². The van der Waals surface area contributed by atoms with Gasteiger partial charge in [-0.15, -0.1) is 0 Å². The maximum absolute atomic E-state index is 12.4. The summed E-state index contributed by atoms with van der Waals surface area (Å²) in [4.78, 5) is 4.21. The third kappa shape index (κ3) is 2.90. The summed E-state index contributed by atoms with van der Waals surface area (Å²) in [5.41, 5.74) is 1.76. The summed E-state index contributed by atoms with van der Waals surface area (Å²) in [6, 6.07) is 2.95. The number of nitrogens with zero attached hydrogens (tertiary/aromatic N) is 2. The molecule has 0 radical (unpaired) electrons. The maximum atomic E-state index is 12.4. The number of aryl methyl sites for hydroxylation is 2. The quantitative estimate of drug-likeness (QED) is 0.779. The summed E-state index contributed by atoms with van der Waals surface area (Å²) < 4.78 is 27.2. The van der Waals surface area contributed by atoms with Gasteiger partial charge in [0.15, 0.2) is 0 Å². The van der Waals surface area contributed by atoms with Gasteiger partial charge in [0.05, 0.1) is 22.0 Å². The molecule has 2 aromatic rings. The number of hydrogen-bond donors (Lipinski definition) is 3. The first-order valence-electron chi connectivity index (χ1n) is 6.18. The van der Waals surface area contributed by atoms with Gasteiger partial charge in [0, 0.05) is 18.8 Å². The van der Waals surface area contributed by atoms with E-state index in [0.29, 0.717) is 29.4 Å². The van der Waals surface area contributed by atoms with Gasteiger partial charge in [-0.1, -0.05) is 0 Å². The Kier molecular flexibility index (Phi) is 3.93. The van der Waals surface area contributed by atoms with Crippen molar-refractivity contribution in [3.8, 4) is 0 Å². The van der Waals surface area contributed by atoms with Crippen molar-refractivity contribution in [3.63, 3.8) is 0 Å². The van der Waals surface area contributed by atoms with Gasteiger partial charge in [-0.05, 0) is 26.8 Å². The number of pyridine rings is 1. The van der Waals surface area contributed by atoms with Crippen molar-refractivity contribution in [1.82, 2.24) is 15.2 Å². The number of aromatic nitrogens is 3. The first-order valence-corrected chi connectivity index (χ1v) is 7.66. The van der Waals surface area contributed by atoms with E-state index in [9.17, 15) is 8.42 Å². The first kappa shape index (κ1) is 14.3. The van der Waals surface area contributed by atoms with Crippen LogP contribution in [0.3, 0.4) is 0 Å². The van der Waals surface area contributed by atoms with Crippen LogP contribution in [0.15, 0.2) is 23.2 Å². The van der Waals surface area contributed by atoms with Gasteiger partial charge in [0.25, 0.3) is 10.0 Å². The van der Waals surface area contributed by atoms with Gasteiger partial charge in [-0.2, -0.15) is 5.10 Å². The number of anilines is 2. The second-order valence-corrected chi connectivity index (χ2v) is 6.00. The van der Waals surface area contributed by atoms with Crippen molar-refractivity contribution >= 4 is 21.5 Å². The van der Waals surface area contributed by atoms with E-state index in [0.717, 1.165) is 0 Å². The molecule has 0 spiro atoms. The minimum Gasteiger partial charge on any atom is -0.370 e. The molecular formula is C12H17N5O2S. The van der Waals surface area contributed by atoms with Crippen LogP contribution in [0.1, 0.15) is 18.3 Å². The zero-order valence-electron chi connectivity index (χ0n) is 11.6. The second kappa shape index (κ2) is 5.49. The van der Waals surface area contributed by atoms with E-state index in [1.807, 2.05) is 6.92 Å². The van der Waals surface area contributed by atoms with Gasteiger partial charge >= 0.3 is 0 Å². The lowest BCUT2D eigenvalue weighted by molar-refractivity contribution is 0.601. The highest BCUT2D eigenvalue weighted by Gasteiger charge is 2.18. The van der Waals surface area contributed by atoms with Crippen molar-refractivity contribution in [3.05, 3.63) is 29.7 Å². The third-order valence-corrected chi connectivity index (χ3v) is 4.11. The fraction of sp³-hybridized carbons (Fsp3) is 0.333. The lowest BCUT2D eigenvalue weighted by Gasteiger charge is -2.09. The van der Waals surface area contributed by atoms with Crippen molar-refractivity contribution in [1.29, 1.82) is 0 Å². The largest absolute Gasteiger partial charge is 0.370 e. The van der Waals surface area contributed by atoms with Crippen LogP contribution in [-0.4, -0.2) is 30.1 Å². The van der Waals surface area contributed by atoms with Gasteiger partial charge in [0.1, 0.15) is 5.82 Å². The molecule has 2 rings (SSSR count). The van der Waals surface area contributed by atoms with Crippen LogP contribution in [-0.2, 0) is 10.0 Å². The van der Waals surface area contributed by atoms with Crippen LogP contribution in [0.5, 0.6) is 0 Å². The van der Waals surface area contributed by atoms with Crippen LogP contribution in [0.25, 0.3) is 0 Å². The van der Waals surface area contributed by atoms with Crippen LogP contribution in [0.2, 0.25) is 0 Å². The number of sulfonamides is 1. The van der Waals surface area contributed by atoms with Crippen molar-refractivity contribution in [2.45, 2.75) is 25.7 Å². The van der Waals surface area contributed by atoms with E-state index in [2.05, 4.69) is 25.2 Å². The molecule has 20 heavy (non-hydrogen) atoms. The second-order valence-electron chi connectivity index (χ2n) is 4.32. The molecule has 2 heterocycles. The number of H-pyrrole nitrogens is 1. The summed E-state index contributed by atoms with van der Waals surface area (Å²) >= 11 is 0. The normalized spacial score (nSPS) is 11.3. The first-order chi connectivity index (χ1) is 9.44.